The Balaban J connectivity index is 1.68. The highest BCUT2D eigenvalue weighted by molar-refractivity contribution is 7.98. The molecule has 4 nitrogen and oxygen atoms in total. The van der Waals surface area contributed by atoms with Gasteiger partial charge in [0.25, 0.3) is 0 Å². The molecule has 0 unspecified atom stereocenters. The van der Waals surface area contributed by atoms with Crippen LogP contribution in [0.25, 0.3) is 0 Å². The van der Waals surface area contributed by atoms with Crippen LogP contribution < -0.4 is 15.4 Å². The smallest absolute Gasteiger partial charge is 0.184 e. The van der Waals surface area contributed by atoms with E-state index in [9.17, 15) is 8.78 Å². The standard InChI is InChI=1S/C21H27ClF2N4S/c1-13(2)25-15-8-10-28(11-9-15)29-27-19-7-5-17(23)20(24)21(19)26-18-6-4-14(3)12-16(18)22/h4-7,12-13,15,25-27H,8-11H2,1-3H3. The lowest BCUT2D eigenvalue weighted by molar-refractivity contribution is 0.296. The minimum atomic E-state index is -0.938. The number of piperidine rings is 1. The molecule has 29 heavy (non-hydrogen) atoms. The molecular formula is C21H27ClF2N4S. The summed E-state index contributed by atoms with van der Waals surface area (Å²) in [6, 6.07) is 9.05. The van der Waals surface area contributed by atoms with Crippen molar-refractivity contribution in [3.05, 3.63) is 52.6 Å². The molecule has 0 spiro atoms. The largest absolute Gasteiger partial charge is 0.350 e. The van der Waals surface area contributed by atoms with Crippen molar-refractivity contribution in [3.8, 4) is 0 Å². The lowest BCUT2D eigenvalue weighted by Crippen LogP contribution is -2.43. The summed E-state index contributed by atoms with van der Waals surface area (Å²) in [5, 5.41) is 6.96. The van der Waals surface area contributed by atoms with Crippen molar-refractivity contribution in [2.24, 2.45) is 0 Å². The molecule has 1 aliphatic rings. The van der Waals surface area contributed by atoms with Gasteiger partial charge in [-0.05, 0) is 49.6 Å². The zero-order valence-corrected chi connectivity index (χ0v) is 18.4. The van der Waals surface area contributed by atoms with Crippen LogP contribution >= 0.6 is 23.7 Å². The van der Waals surface area contributed by atoms with E-state index >= 15 is 0 Å². The molecule has 2 aromatic carbocycles. The van der Waals surface area contributed by atoms with Gasteiger partial charge >= 0.3 is 0 Å². The predicted molar refractivity (Wildman–Crippen MR) is 120 cm³/mol. The number of anilines is 3. The highest BCUT2D eigenvalue weighted by Gasteiger charge is 2.21. The van der Waals surface area contributed by atoms with E-state index in [0.717, 1.165) is 37.6 Å². The third-order valence-corrected chi connectivity index (χ3v) is 6.03. The molecule has 3 rings (SSSR count). The Kier molecular flexibility index (Phi) is 7.62. The van der Waals surface area contributed by atoms with Crippen molar-refractivity contribution < 1.29 is 8.78 Å². The van der Waals surface area contributed by atoms with Crippen molar-refractivity contribution in [3.63, 3.8) is 0 Å². The number of aryl methyl sites for hydroxylation is 1. The van der Waals surface area contributed by atoms with Crippen LogP contribution in [0.4, 0.5) is 25.8 Å². The Morgan fingerprint density at radius 3 is 2.45 bits per heavy atom. The summed E-state index contributed by atoms with van der Waals surface area (Å²) < 4.78 is 33.8. The van der Waals surface area contributed by atoms with Crippen molar-refractivity contribution in [1.82, 2.24) is 9.62 Å². The predicted octanol–water partition coefficient (Wildman–Crippen LogP) is 6.11. The number of hydrogen-bond acceptors (Lipinski definition) is 5. The summed E-state index contributed by atoms with van der Waals surface area (Å²) in [4.78, 5) is 0. The molecule has 1 heterocycles. The van der Waals surface area contributed by atoms with Crippen LogP contribution in [0.3, 0.4) is 0 Å². The number of benzene rings is 2. The highest BCUT2D eigenvalue weighted by atomic mass is 35.5. The topological polar surface area (TPSA) is 39.3 Å². The van der Waals surface area contributed by atoms with E-state index in [1.54, 1.807) is 12.1 Å². The van der Waals surface area contributed by atoms with Crippen molar-refractivity contribution in [2.45, 2.75) is 45.7 Å². The molecular weight excluding hydrogens is 414 g/mol. The van der Waals surface area contributed by atoms with Crippen LogP contribution in [-0.4, -0.2) is 29.5 Å². The third kappa shape index (κ3) is 5.98. The molecule has 0 saturated carbocycles. The summed E-state index contributed by atoms with van der Waals surface area (Å²) in [6.45, 7) is 8.06. The molecule has 0 aliphatic carbocycles. The van der Waals surface area contributed by atoms with Gasteiger partial charge < -0.3 is 15.4 Å². The molecule has 2 aromatic rings. The van der Waals surface area contributed by atoms with Crippen LogP contribution in [0.1, 0.15) is 32.3 Å². The van der Waals surface area contributed by atoms with Crippen molar-refractivity contribution in [1.29, 1.82) is 0 Å². The molecule has 0 aromatic heterocycles. The summed E-state index contributed by atoms with van der Waals surface area (Å²) >= 11 is 7.66. The van der Waals surface area contributed by atoms with E-state index in [1.165, 1.54) is 18.2 Å². The van der Waals surface area contributed by atoms with Gasteiger partial charge in [0.05, 0.1) is 16.4 Å². The van der Waals surface area contributed by atoms with Crippen LogP contribution in [0, 0.1) is 18.6 Å². The molecule has 0 amide bonds. The Morgan fingerprint density at radius 1 is 1.10 bits per heavy atom. The average molecular weight is 441 g/mol. The Labute approximate surface area is 180 Å². The molecule has 3 N–H and O–H groups in total. The Morgan fingerprint density at radius 2 is 1.79 bits per heavy atom. The van der Waals surface area contributed by atoms with E-state index in [4.69, 9.17) is 11.6 Å². The van der Waals surface area contributed by atoms with Gasteiger partial charge in [-0.15, -0.1) is 0 Å². The molecule has 1 fully saturated rings. The zero-order chi connectivity index (χ0) is 21.0. The maximum Gasteiger partial charge on any atom is 0.184 e. The van der Waals surface area contributed by atoms with Crippen LogP contribution in [0.5, 0.6) is 0 Å². The fourth-order valence-corrected chi connectivity index (χ4v) is 4.39. The van der Waals surface area contributed by atoms with Crippen LogP contribution in [0.2, 0.25) is 5.02 Å². The van der Waals surface area contributed by atoms with Gasteiger partial charge in [-0.1, -0.05) is 31.5 Å². The molecule has 0 atom stereocenters. The molecule has 8 heteroatoms. The second-order valence-corrected chi connectivity index (χ2v) is 8.92. The van der Waals surface area contributed by atoms with Gasteiger partial charge in [-0.2, -0.15) is 0 Å². The minimum Gasteiger partial charge on any atom is -0.350 e. The first kappa shape index (κ1) is 22.2. The summed E-state index contributed by atoms with van der Waals surface area (Å²) in [5.41, 5.74) is 2.02. The number of hydrogen-bond donors (Lipinski definition) is 3. The average Bonchev–Trinajstić information content (AvgIpc) is 2.67. The van der Waals surface area contributed by atoms with Crippen LogP contribution in [0.15, 0.2) is 30.3 Å². The van der Waals surface area contributed by atoms with E-state index in [-0.39, 0.29) is 5.69 Å². The van der Waals surface area contributed by atoms with E-state index in [1.807, 2.05) is 13.0 Å². The second kappa shape index (κ2) is 9.98. The van der Waals surface area contributed by atoms with Crippen molar-refractivity contribution >= 4 is 40.8 Å². The molecule has 1 saturated heterocycles. The first-order valence-electron chi connectivity index (χ1n) is 9.78. The quantitative estimate of drug-likeness (QED) is 0.453. The van der Waals surface area contributed by atoms with Gasteiger partial charge in [0.2, 0.25) is 0 Å². The number of nitrogens with zero attached hydrogens (tertiary/aromatic N) is 1. The number of nitrogens with one attached hydrogen (secondary N) is 3. The molecule has 158 valence electrons. The molecule has 0 bridgehead atoms. The minimum absolute atomic E-state index is 0.0413. The lowest BCUT2D eigenvalue weighted by Gasteiger charge is -2.32. The maximum atomic E-state index is 14.5. The summed E-state index contributed by atoms with van der Waals surface area (Å²) in [5.74, 6) is -1.85. The Hall–Kier alpha value is -1.54. The molecule has 1 aliphatic heterocycles. The third-order valence-electron chi connectivity index (χ3n) is 4.79. The van der Waals surface area contributed by atoms with E-state index < -0.39 is 11.6 Å². The summed E-state index contributed by atoms with van der Waals surface area (Å²) in [6.07, 6.45) is 2.10. The van der Waals surface area contributed by atoms with Gasteiger partial charge in [0.1, 0.15) is 5.69 Å². The SMILES string of the molecule is Cc1ccc(Nc2c(NSN3CCC(NC(C)C)CC3)ccc(F)c2F)c(Cl)c1. The fraction of sp³-hybridized carbons (Fsp3) is 0.429. The van der Waals surface area contributed by atoms with Gasteiger partial charge in [0.15, 0.2) is 11.6 Å². The van der Waals surface area contributed by atoms with Gasteiger partial charge in [0, 0.05) is 37.3 Å². The van der Waals surface area contributed by atoms with Crippen LogP contribution in [-0.2, 0) is 0 Å². The first-order valence-corrected chi connectivity index (χ1v) is 10.9. The van der Waals surface area contributed by atoms with Gasteiger partial charge in [-0.25, -0.2) is 13.1 Å². The normalized spacial score (nSPS) is 15.7. The Bertz CT molecular complexity index is 842. The second-order valence-electron chi connectivity index (χ2n) is 7.61. The first-order chi connectivity index (χ1) is 13.8. The number of rotatable bonds is 7. The van der Waals surface area contributed by atoms with Gasteiger partial charge in [-0.3, -0.25) is 0 Å². The highest BCUT2D eigenvalue weighted by Crippen LogP contribution is 2.35. The fourth-order valence-electron chi connectivity index (χ4n) is 3.31. The van der Waals surface area contributed by atoms with E-state index in [0.29, 0.717) is 28.5 Å². The maximum absolute atomic E-state index is 14.5. The zero-order valence-electron chi connectivity index (χ0n) is 16.9. The lowest BCUT2D eigenvalue weighted by atomic mass is 10.1. The monoisotopic (exact) mass is 440 g/mol. The van der Waals surface area contributed by atoms with Crippen molar-refractivity contribution in [2.75, 3.05) is 23.1 Å². The number of halogens is 3. The van der Waals surface area contributed by atoms with E-state index in [2.05, 4.69) is 33.5 Å². The summed E-state index contributed by atoms with van der Waals surface area (Å²) in [7, 11) is 0. The molecule has 0 radical (unpaired) electrons.